The fourth-order valence-corrected chi connectivity index (χ4v) is 2.32. The Hall–Kier alpha value is -2.07. The average Bonchev–Trinajstić information content (AvgIpc) is 2.94. The van der Waals surface area contributed by atoms with Crippen molar-refractivity contribution < 1.29 is 14.3 Å². The van der Waals surface area contributed by atoms with Gasteiger partial charge in [0, 0.05) is 5.56 Å². The van der Waals surface area contributed by atoms with E-state index < -0.39 is 12.0 Å². The Bertz CT molecular complexity index is 665. The Morgan fingerprint density at radius 2 is 1.78 bits per heavy atom. The minimum absolute atomic E-state index is 0.128. The molecule has 0 amide bonds. The third-order valence-corrected chi connectivity index (χ3v) is 4.12. The van der Waals surface area contributed by atoms with Gasteiger partial charge in [0.2, 0.25) is 0 Å². The van der Waals surface area contributed by atoms with Gasteiger partial charge in [-0.15, -0.1) is 0 Å². The summed E-state index contributed by atoms with van der Waals surface area (Å²) in [5, 5.41) is 9.03. The SMILES string of the molecule is CC(C(=O)O)N(C)Cc1ccc(-c2ccc(C(C)(C)C)cc2)o1. The lowest BCUT2D eigenvalue weighted by atomic mass is 9.86. The highest BCUT2D eigenvalue weighted by molar-refractivity contribution is 5.72. The van der Waals surface area contributed by atoms with Gasteiger partial charge < -0.3 is 9.52 Å². The maximum absolute atomic E-state index is 11.0. The zero-order valence-corrected chi connectivity index (χ0v) is 14.5. The molecule has 0 saturated carbocycles. The molecule has 1 heterocycles. The van der Waals surface area contributed by atoms with Gasteiger partial charge in [-0.2, -0.15) is 0 Å². The molecule has 124 valence electrons. The minimum atomic E-state index is -0.836. The van der Waals surface area contributed by atoms with Gasteiger partial charge in [0.05, 0.1) is 6.54 Å². The summed E-state index contributed by atoms with van der Waals surface area (Å²) in [4.78, 5) is 12.7. The molecule has 1 unspecified atom stereocenters. The number of furan rings is 1. The summed E-state index contributed by atoms with van der Waals surface area (Å²) in [6.45, 7) is 8.69. The molecule has 0 saturated heterocycles. The molecule has 0 radical (unpaired) electrons. The number of carbonyl (C=O) groups is 1. The average molecular weight is 315 g/mol. The van der Waals surface area contributed by atoms with Crippen molar-refractivity contribution in [1.82, 2.24) is 4.90 Å². The molecule has 0 aliphatic rings. The first-order valence-corrected chi connectivity index (χ1v) is 7.81. The Balaban J connectivity index is 2.11. The number of rotatable bonds is 5. The first-order valence-electron chi connectivity index (χ1n) is 7.81. The molecule has 4 heteroatoms. The van der Waals surface area contributed by atoms with E-state index in [9.17, 15) is 4.79 Å². The van der Waals surface area contributed by atoms with Crippen LogP contribution in [-0.4, -0.2) is 29.1 Å². The van der Waals surface area contributed by atoms with Crippen LogP contribution in [0.1, 0.15) is 39.0 Å². The zero-order valence-electron chi connectivity index (χ0n) is 14.5. The number of aliphatic carboxylic acids is 1. The summed E-state index contributed by atoms with van der Waals surface area (Å²) in [6.07, 6.45) is 0. The van der Waals surface area contributed by atoms with Gasteiger partial charge in [0.25, 0.3) is 0 Å². The fraction of sp³-hybridized carbons (Fsp3) is 0.421. The van der Waals surface area contributed by atoms with E-state index in [0.717, 1.165) is 17.1 Å². The van der Waals surface area contributed by atoms with Crippen LogP contribution in [0.2, 0.25) is 0 Å². The van der Waals surface area contributed by atoms with Gasteiger partial charge in [-0.1, -0.05) is 45.0 Å². The van der Waals surface area contributed by atoms with Gasteiger partial charge in [-0.05, 0) is 37.1 Å². The molecule has 23 heavy (non-hydrogen) atoms. The summed E-state index contributed by atoms with van der Waals surface area (Å²) in [5.74, 6) is 0.726. The minimum Gasteiger partial charge on any atom is -0.480 e. The van der Waals surface area contributed by atoms with Crippen molar-refractivity contribution in [3.8, 4) is 11.3 Å². The van der Waals surface area contributed by atoms with E-state index in [1.54, 1.807) is 18.9 Å². The van der Waals surface area contributed by atoms with E-state index in [-0.39, 0.29) is 5.41 Å². The second kappa shape index (κ2) is 6.59. The lowest BCUT2D eigenvalue weighted by Gasteiger charge is -2.19. The molecule has 2 rings (SSSR count). The van der Waals surface area contributed by atoms with E-state index in [0.29, 0.717) is 6.54 Å². The highest BCUT2D eigenvalue weighted by Crippen LogP contribution is 2.27. The third kappa shape index (κ3) is 4.23. The molecule has 0 aliphatic carbocycles. The smallest absolute Gasteiger partial charge is 0.320 e. The Morgan fingerprint density at radius 3 is 2.30 bits per heavy atom. The lowest BCUT2D eigenvalue weighted by Crippen LogP contribution is -2.35. The highest BCUT2D eigenvalue weighted by Gasteiger charge is 2.18. The molecule has 4 nitrogen and oxygen atoms in total. The molecular formula is C19H25NO3. The first-order chi connectivity index (χ1) is 10.7. The molecule has 0 bridgehead atoms. The molecule has 1 N–H and O–H groups in total. The largest absolute Gasteiger partial charge is 0.480 e. The monoisotopic (exact) mass is 315 g/mol. The summed E-state index contributed by atoms with van der Waals surface area (Å²) in [5.41, 5.74) is 2.43. The summed E-state index contributed by atoms with van der Waals surface area (Å²) >= 11 is 0. The Morgan fingerprint density at radius 1 is 1.17 bits per heavy atom. The standard InChI is InChI=1S/C19H25NO3/c1-13(18(21)22)20(5)12-16-10-11-17(23-16)14-6-8-15(9-7-14)19(2,3)4/h6-11,13H,12H2,1-5H3,(H,21,22). The van der Waals surface area contributed by atoms with Crippen LogP contribution in [-0.2, 0) is 16.8 Å². The number of carboxylic acids is 1. The van der Waals surface area contributed by atoms with E-state index in [4.69, 9.17) is 9.52 Å². The number of nitrogens with zero attached hydrogens (tertiary/aromatic N) is 1. The molecule has 0 spiro atoms. The topological polar surface area (TPSA) is 53.7 Å². The van der Waals surface area contributed by atoms with Crippen LogP contribution in [0.4, 0.5) is 0 Å². The van der Waals surface area contributed by atoms with Crippen LogP contribution < -0.4 is 0 Å². The molecule has 0 fully saturated rings. The molecule has 1 atom stereocenters. The van der Waals surface area contributed by atoms with Crippen molar-refractivity contribution in [3.63, 3.8) is 0 Å². The van der Waals surface area contributed by atoms with E-state index in [1.807, 2.05) is 12.1 Å². The van der Waals surface area contributed by atoms with Gasteiger partial charge >= 0.3 is 5.97 Å². The molecule has 0 aliphatic heterocycles. The maximum Gasteiger partial charge on any atom is 0.320 e. The van der Waals surface area contributed by atoms with E-state index in [1.165, 1.54) is 5.56 Å². The second-order valence-corrected chi connectivity index (χ2v) is 7.02. The number of hydrogen-bond acceptors (Lipinski definition) is 3. The molecular weight excluding hydrogens is 290 g/mol. The van der Waals surface area contributed by atoms with Gasteiger partial charge in [-0.25, -0.2) is 0 Å². The predicted octanol–water partition coefficient (Wildman–Crippen LogP) is 4.15. The van der Waals surface area contributed by atoms with Crippen LogP contribution in [0.5, 0.6) is 0 Å². The molecule has 2 aromatic rings. The van der Waals surface area contributed by atoms with Crippen molar-refractivity contribution in [2.45, 2.75) is 45.7 Å². The Kier molecular flexibility index (Phi) is 4.95. The fourth-order valence-electron chi connectivity index (χ4n) is 2.32. The molecule has 1 aromatic heterocycles. The van der Waals surface area contributed by atoms with Crippen LogP contribution in [0.15, 0.2) is 40.8 Å². The van der Waals surface area contributed by atoms with E-state index >= 15 is 0 Å². The predicted molar refractivity (Wildman–Crippen MR) is 91.4 cm³/mol. The number of likely N-dealkylation sites (N-methyl/N-ethyl adjacent to an activating group) is 1. The quantitative estimate of drug-likeness (QED) is 0.900. The number of carboxylic acid groups (broad SMARTS) is 1. The zero-order chi connectivity index (χ0) is 17.2. The van der Waals surface area contributed by atoms with Crippen molar-refractivity contribution in [2.24, 2.45) is 0 Å². The van der Waals surface area contributed by atoms with Crippen molar-refractivity contribution >= 4 is 5.97 Å². The highest BCUT2D eigenvalue weighted by atomic mass is 16.4. The normalized spacial score (nSPS) is 13.3. The van der Waals surface area contributed by atoms with Gasteiger partial charge in [0.1, 0.15) is 17.6 Å². The van der Waals surface area contributed by atoms with Crippen LogP contribution in [0, 0.1) is 0 Å². The van der Waals surface area contributed by atoms with Crippen LogP contribution >= 0.6 is 0 Å². The Labute approximate surface area is 137 Å². The second-order valence-electron chi connectivity index (χ2n) is 7.02. The first kappa shape index (κ1) is 17.3. The maximum atomic E-state index is 11.0. The third-order valence-electron chi connectivity index (χ3n) is 4.12. The van der Waals surface area contributed by atoms with Crippen molar-refractivity contribution in [2.75, 3.05) is 7.05 Å². The van der Waals surface area contributed by atoms with Crippen LogP contribution in [0.25, 0.3) is 11.3 Å². The summed E-state index contributed by atoms with van der Waals surface area (Å²) in [6, 6.07) is 11.7. The molecule has 1 aromatic carbocycles. The number of benzene rings is 1. The van der Waals surface area contributed by atoms with Gasteiger partial charge in [0.15, 0.2) is 0 Å². The number of hydrogen-bond donors (Lipinski definition) is 1. The van der Waals surface area contributed by atoms with E-state index in [2.05, 4.69) is 45.0 Å². The lowest BCUT2D eigenvalue weighted by molar-refractivity contribution is -0.142. The van der Waals surface area contributed by atoms with Gasteiger partial charge in [-0.3, -0.25) is 9.69 Å². The summed E-state index contributed by atoms with van der Waals surface area (Å²) in [7, 11) is 1.78. The van der Waals surface area contributed by atoms with Crippen LogP contribution in [0.3, 0.4) is 0 Å². The summed E-state index contributed by atoms with van der Waals surface area (Å²) < 4.78 is 5.86. The van der Waals surface area contributed by atoms with Crippen molar-refractivity contribution in [1.29, 1.82) is 0 Å². The van der Waals surface area contributed by atoms with Crippen molar-refractivity contribution in [3.05, 3.63) is 47.7 Å².